The zero-order chi connectivity index (χ0) is 39.3. The molecule has 0 radical (unpaired) electrons. The number of hydrogen-bond acceptors (Lipinski definition) is 11. The number of fused-ring (bicyclic) bond motifs is 2. The van der Waals surface area contributed by atoms with E-state index in [0.717, 1.165) is 34.7 Å². The van der Waals surface area contributed by atoms with Gasteiger partial charge in [0.05, 0.1) is 29.8 Å². The summed E-state index contributed by atoms with van der Waals surface area (Å²) in [6.07, 6.45) is 1.83. The van der Waals surface area contributed by atoms with Crippen LogP contribution in [0.4, 0.5) is 8.78 Å². The Bertz CT molecular complexity index is 2070. The lowest BCUT2D eigenvalue weighted by Crippen LogP contribution is -2.60. The summed E-state index contributed by atoms with van der Waals surface area (Å²) in [4.78, 5) is 60.1. The number of benzene rings is 2. The normalized spacial score (nSPS) is 19.7. The van der Waals surface area contributed by atoms with E-state index in [1.54, 1.807) is 4.90 Å². The molecule has 2 saturated heterocycles. The predicted molar refractivity (Wildman–Crippen MR) is 206 cm³/mol. The molecule has 294 valence electrons. The standard InChI is InChI=1S/C37H43F2N6O7PS2/c1-3-51-53(50,52-4-2)37(38,39)24-10-14-30-23(18-24)19-31(55-30)34(48)43-27-20-41-17-16-25-11-13-29(45(25)36(27)49)33(47)42-26(12-15-32(40)46)35-44-28(21-54-35)22-8-6-5-7-9-22/h5-10,14,18-19,21,25-27,29,41H,3-4,11-13,15-17,20H2,1-2H3,(H2,40,46)(H,42,47)(H,43,48)/t25?,26-,27-,29-/m0/s1. The number of aromatic nitrogens is 1. The highest BCUT2D eigenvalue weighted by molar-refractivity contribution is 7.54. The molecular weight excluding hydrogens is 774 g/mol. The van der Waals surface area contributed by atoms with Gasteiger partial charge >= 0.3 is 13.3 Å². The van der Waals surface area contributed by atoms with Crippen molar-refractivity contribution in [3.05, 3.63) is 75.4 Å². The molecule has 2 aliphatic rings. The zero-order valence-corrected chi connectivity index (χ0v) is 32.8. The van der Waals surface area contributed by atoms with Crippen LogP contribution in [-0.4, -0.2) is 77.9 Å². The number of thiazole rings is 1. The first kappa shape index (κ1) is 40.5. The first-order valence-electron chi connectivity index (χ1n) is 18.1. The number of primary amides is 1. The zero-order valence-electron chi connectivity index (χ0n) is 30.3. The number of carbonyl (C=O) groups is 4. The second kappa shape index (κ2) is 17.3. The summed E-state index contributed by atoms with van der Waals surface area (Å²) < 4.78 is 54.4. The molecule has 2 aromatic carbocycles. The fourth-order valence-corrected chi connectivity index (χ4v) is 10.3. The van der Waals surface area contributed by atoms with Crippen molar-refractivity contribution in [2.45, 2.75) is 75.8 Å². The maximum Gasteiger partial charge on any atom is 0.404 e. The Morgan fingerprint density at radius 1 is 1.09 bits per heavy atom. The number of nitrogens with one attached hydrogen (secondary N) is 3. The summed E-state index contributed by atoms with van der Waals surface area (Å²) in [6, 6.07) is 12.0. The van der Waals surface area contributed by atoms with Gasteiger partial charge in [-0.05, 0) is 69.7 Å². The molecule has 4 aromatic rings. The monoisotopic (exact) mass is 816 g/mol. The number of carbonyl (C=O) groups excluding carboxylic acids is 4. The smallest absolute Gasteiger partial charge is 0.370 e. The van der Waals surface area contributed by atoms with Crippen molar-refractivity contribution in [3.63, 3.8) is 0 Å². The molecular formula is C37H43F2N6O7PS2. The number of nitrogens with zero attached hydrogens (tertiary/aromatic N) is 2. The Balaban J connectivity index is 1.18. The highest BCUT2D eigenvalue weighted by atomic mass is 32.1. The van der Waals surface area contributed by atoms with Gasteiger partial charge in [0, 0.05) is 40.2 Å². The van der Waals surface area contributed by atoms with E-state index in [1.807, 2.05) is 35.7 Å². The number of hydrogen-bond donors (Lipinski definition) is 4. The quantitative estimate of drug-likeness (QED) is 0.106. The molecule has 13 nitrogen and oxygen atoms in total. The molecule has 5 N–H and O–H groups in total. The minimum atomic E-state index is -4.84. The van der Waals surface area contributed by atoms with Crippen molar-refractivity contribution < 1.29 is 41.6 Å². The molecule has 6 rings (SSSR count). The van der Waals surface area contributed by atoms with Crippen molar-refractivity contribution in [1.29, 1.82) is 0 Å². The fraction of sp³-hybridized carbons (Fsp3) is 0.432. The Hall–Kier alpha value is -4.12. The van der Waals surface area contributed by atoms with Crippen LogP contribution in [0, 0.1) is 0 Å². The number of rotatable bonds is 15. The molecule has 18 heteroatoms. The van der Waals surface area contributed by atoms with Gasteiger partial charge < -0.3 is 35.6 Å². The van der Waals surface area contributed by atoms with E-state index in [4.69, 9.17) is 19.8 Å². The summed E-state index contributed by atoms with van der Waals surface area (Å²) in [5.41, 5.74) is 2.58. The Kier molecular flexibility index (Phi) is 12.8. The predicted octanol–water partition coefficient (Wildman–Crippen LogP) is 5.91. The summed E-state index contributed by atoms with van der Waals surface area (Å²) in [5, 5.41) is 11.9. The third-order valence-corrected chi connectivity index (χ3v) is 13.8. The molecule has 2 aliphatic heterocycles. The fourth-order valence-electron chi connectivity index (χ4n) is 6.92. The first-order valence-corrected chi connectivity index (χ1v) is 21.3. The molecule has 0 bridgehead atoms. The second-order valence-electron chi connectivity index (χ2n) is 13.3. The second-order valence-corrected chi connectivity index (χ2v) is 17.3. The van der Waals surface area contributed by atoms with E-state index in [9.17, 15) is 23.7 Å². The van der Waals surface area contributed by atoms with Crippen molar-refractivity contribution >= 4 is 64.0 Å². The van der Waals surface area contributed by atoms with E-state index in [-0.39, 0.29) is 43.5 Å². The molecule has 55 heavy (non-hydrogen) atoms. The SMILES string of the molecule is CCOP(=O)(OCC)C(F)(F)c1ccc2sc(C(=O)N[C@H]3CNCCC4CC[C@@H](C(=O)N[C@@H](CCC(N)=O)c5nc(-c6ccccc6)cs5)N4C3=O)cc2c1. The van der Waals surface area contributed by atoms with Crippen LogP contribution in [0.1, 0.15) is 72.2 Å². The van der Waals surface area contributed by atoms with Crippen LogP contribution in [0.3, 0.4) is 0 Å². The van der Waals surface area contributed by atoms with Gasteiger partial charge in [0.1, 0.15) is 17.1 Å². The van der Waals surface area contributed by atoms with Gasteiger partial charge in [-0.1, -0.05) is 36.4 Å². The summed E-state index contributed by atoms with van der Waals surface area (Å²) in [6.45, 7) is 3.06. The van der Waals surface area contributed by atoms with Crippen LogP contribution in [0.2, 0.25) is 0 Å². The van der Waals surface area contributed by atoms with Crippen molar-refractivity contribution in [2.24, 2.45) is 5.73 Å². The third kappa shape index (κ3) is 8.82. The number of halogens is 2. The lowest BCUT2D eigenvalue weighted by Gasteiger charge is -2.35. The van der Waals surface area contributed by atoms with Crippen LogP contribution < -0.4 is 21.7 Å². The number of thiophene rings is 1. The van der Waals surface area contributed by atoms with Gasteiger partial charge in [-0.3, -0.25) is 23.7 Å². The molecule has 0 aliphatic carbocycles. The number of nitrogens with two attached hydrogens (primary N) is 1. The van der Waals surface area contributed by atoms with Gasteiger partial charge in [-0.15, -0.1) is 22.7 Å². The highest BCUT2D eigenvalue weighted by Crippen LogP contribution is 2.67. The van der Waals surface area contributed by atoms with Gasteiger partial charge in [0.15, 0.2) is 0 Å². The van der Waals surface area contributed by atoms with E-state index in [0.29, 0.717) is 40.9 Å². The van der Waals surface area contributed by atoms with Crippen molar-refractivity contribution in [1.82, 2.24) is 25.8 Å². The summed E-state index contributed by atoms with van der Waals surface area (Å²) in [7, 11) is -4.84. The first-order chi connectivity index (χ1) is 26.3. The van der Waals surface area contributed by atoms with Crippen LogP contribution in [0.15, 0.2) is 60.0 Å². The Labute approximate surface area is 324 Å². The van der Waals surface area contributed by atoms with Gasteiger partial charge in [0.25, 0.3) is 5.91 Å². The molecule has 4 atom stereocenters. The average molecular weight is 817 g/mol. The Morgan fingerprint density at radius 2 is 1.84 bits per heavy atom. The minimum Gasteiger partial charge on any atom is -0.370 e. The van der Waals surface area contributed by atoms with Gasteiger partial charge in [-0.2, -0.15) is 8.78 Å². The lowest BCUT2D eigenvalue weighted by molar-refractivity contribution is -0.142. The van der Waals surface area contributed by atoms with Crippen molar-refractivity contribution in [2.75, 3.05) is 26.3 Å². The van der Waals surface area contributed by atoms with E-state index < -0.39 is 60.6 Å². The van der Waals surface area contributed by atoms with Crippen LogP contribution >= 0.6 is 30.3 Å². The summed E-state index contributed by atoms with van der Waals surface area (Å²) >= 11 is 2.41. The molecule has 1 unspecified atom stereocenters. The largest absolute Gasteiger partial charge is 0.404 e. The number of amides is 4. The summed E-state index contributed by atoms with van der Waals surface area (Å²) in [5.74, 6) is -1.93. The van der Waals surface area contributed by atoms with Crippen molar-refractivity contribution in [3.8, 4) is 11.3 Å². The molecule has 0 saturated carbocycles. The topological polar surface area (TPSA) is 182 Å². The van der Waals surface area contributed by atoms with E-state index in [1.165, 1.54) is 37.3 Å². The van der Waals surface area contributed by atoms with Crippen LogP contribution in [-0.2, 0) is 33.7 Å². The van der Waals surface area contributed by atoms with Gasteiger partial charge in [0.2, 0.25) is 17.7 Å². The number of alkyl halides is 2. The molecule has 4 amide bonds. The average Bonchev–Trinajstić information content (AvgIpc) is 3.93. The third-order valence-electron chi connectivity index (χ3n) is 9.58. The molecule has 2 aromatic heterocycles. The maximum absolute atomic E-state index is 15.5. The van der Waals surface area contributed by atoms with Crippen LogP contribution in [0.25, 0.3) is 21.3 Å². The highest BCUT2D eigenvalue weighted by Gasteiger charge is 2.55. The molecule has 4 heterocycles. The van der Waals surface area contributed by atoms with E-state index in [2.05, 4.69) is 16.0 Å². The maximum atomic E-state index is 15.5. The minimum absolute atomic E-state index is 0.0176. The van der Waals surface area contributed by atoms with Crippen LogP contribution in [0.5, 0.6) is 0 Å². The van der Waals surface area contributed by atoms with E-state index >= 15 is 8.78 Å². The Morgan fingerprint density at radius 3 is 2.55 bits per heavy atom. The lowest BCUT2D eigenvalue weighted by atomic mass is 10.1. The van der Waals surface area contributed by atoms with Gasteiger partial charge in [-0.25, -0.2) is 4.98 Å². The molecule has 2 fully saturated rings. The molecule has 0 spiro atoms.